The van der Waals surface area contributed by atoms with Gasteiger partial charge in [0.1, 0.15) is 12.4 Å². The van der Waals surface area contributed by atoms with Crippen molar-refractivity contribution in [3.8, 4) is 16.9 Å². The van der Waals surface area contributed by atoms with Crippen molar-refractivity contribution in [2.75, 3.05) is 37.0 Å². The zero-order chi connectivity index (χ0) is 31.2. The molecule has 0 saturated carbocycles. The van der Waals surface area contributed by atoms with Gasteiger partial charge in [0.05, 0.1) is 24.1 Å². The van der Waals surface area contributed by atoms with Crippen LogP contribution in [-0.4, -0.2) is 66.8 Å². The van der Waals surface area contributed by atoms with Crippen LogP contribution in [0.3, 0.4) is 0 Å². The molecule has 0 saturated heterocycles. The molecule has 0 spiro atoms. The first-order valence-electron chi connectivity index (χ1n) is 14.4. The maximum absolute atomic E-state index is 13.3. The van der Waals surface area contributed by atoms with E-state index in [1.54, 1.807) is 10.9 Å². The molecule has 0 aliphatic carbocycles. The third-order valence-corrected chi connectivity index (χ3v) is 8.32. The molecule has 4 rings (SSSR count). The van der Waals surface area contributed by atoms with Crippen LogP contribution in [0.2, 0.25) is 0 Å². The van der Waals surface area contributed by atoms with Crippen molar-refractivity contribution in [3.63, 3.8) is 0 Å². The monoisotopic (exact) mass is 612 g/mol. The molecule has 1 aliphatic heterocycles. The van der Waals surface area contributed by atoms with Gasteiger partial charge in [-0.15, -0.1) is 0 Å². The lowest BCUT2D eigenvalue weighted by atomic mass is 9.93. The molecule has 1 aromatic heterocycles. The second-order valence-electron chi connectivity index (χ2n) is 11.4. The topological polar surface area (TPSA) is 140 Å². The fourth-order valence-electron chi connectivity index (χ4n) is 5.01. The standard InChI is InChI=1S/C31H40N4O7S/c1-22-9-5-13-28(23(22)2)41-17-8-14-29(36)34-16-7-11-26-25(10-6-12-27(26)34)24-19-33-35(20-24)31(3,4)21-42-30(37)32-15-18-43(38,39)40/h5-6,9-10,12-13,19-20H,7-8,11,14-18,21H2,1-4H3,(H,32,37)(H,38,39,40). The number of hydrogen-bond donors (Lipinski definition) is 2. The highest BCUT2D eigenvalue weighted by atomic mass is 32.2. The molecule has 0 unspecified atom stereocenters. The minimum absolute atomic E-state index is 0.0197. The Kier molecular flexibility index (Phi) is 10.1. The van der Waals surface area contributed by atoms with E-state index in [1.807, 2.05) is 62.2 Å². The predicted molar refractivity (Wildman–Crippen MR) is 164 cm³/mol. The Balaban J connectivity index is 1.38. The van der Waals surface area contributed by atoms with E-state index in [-0.39, 0.29) is 19.1 Å². The van der Waals surface area contributed by atoms with Crippen molar-refractivity contribution in [1.82, 2.24) is 15.1 Å². The van der Waals surface area contributed by atoms with Crippen LogP contribution < -0.4 is 15.0 Å². The fraction of sp³-hybridized carbons (Fsp3) is 0.452. The number of rotatable bonds is 12. The minimum atomic E-state index is -4.17. The van der Waals surface area contributed by atoms with Crippen LogP contribution in [0.4, 0.5) is 10.5 Å². The summed E-state index contributed by atoms with van der Waals surface area (Å²) in [4.78, 5) is 27.1. The van der Waals surface area contributed by atoms with Gasteiger partial charge >= 0.3 is 6.09 Å². The molecule has 2 aromatic carbocycles. The van der Waals surface area contributed by atoms with Gasteiger partial charge in [-0.1, -0.05) is 24.3 Å². The molecular formula is C31H40N4O7S. The molecule has 11 nitrogen and oxygen atoms in total. The Bertz CT molecular complexity index is 1570. The Morgan fingerprint density at radius 2 is 1.91 bits per heavy atom. The van der Waals surface area contributed by atoms with E-state index in [0.29, 0.717) is 26.0 Å². The number of aryl methyl sites for hydroxylation is 1. The number of aromatic nitrogens is 2. The summed E-state index contributed by atoms with van der Waals surface area (Å²) in [7, 11) is -4.17. The number of nitrogens with zero attached hydrogens (tertiary/aromatic N) is 3. The van der Waals surface area contributed by atoms with Crippen molar-refractivity contribution < 1.29 is 32.0 Å². The number of alkyl carbamates (subject to hydrolysis) is 1. The molecule has 3 aromatic rings. The first-order valence-corrected chi connectivity index (χ1v) is 16.0. The van der Waals surface area contributed by atoms with E-state index in [2.05, 4.69) is 23.4 Å². The summed E-state index contributed by atoms with van der Waals surface area (Å²) in [6.07, 6.45) is 5.57. The van der Waals surface area contributed by atoms with Crippen LogP contribution in [0.25, 0.3) is 11.1 Å². The van der Waals surface area contributed by atoms with Gasteiger partial charge in [0.25, 0.3) is 10.1 Å². The number of fused-ring (bicyclic) bond motifs is 1. The van der Waals surface area contributed by atoms with Crippen LogP contribution in [0.5, 0.6) is 5.75 Å². The molecule has 0 fully saturated rings. The molecule has 1 aliphatic rings. The van der Waals surface area contributed by atoms with Gasteiger partial charge in [-0.05, 0) is 81.3 Å². The SMILES string of the molecule is Cc1cccc(OCCCC(=O)N2CCCc3c(-c4cnn(C(C)(C)COC(=O)NCCS(=O)(=O)O)c4)cccc32)c1C. The number of carbonyl (C=O) groups is 2. The van der Waals surface area contributed by atoms with Gasteiger partial charge in [-0.2, -0.15) is 13.5 Å². The Morgan fingerprint density at radius 1 is 1.14 bits per heavy atom. The molecule has 2 N–H and O–H groups in total. The van der Waals surface area contributed by atoms with Gasteiger partial charge < -0.3 is 19.7 Å². The number of amides is 2. The smallest absolute Gasteiger partial charge is 0.407 e. The number of nitrogens with one attached hydrogen (secondary N) is 1. The van der Waals surface area contributed by atoms with Crippen molar-refractivity contribution in [1.29, 1.82) is 0 Å². The maximum atomic E-state index is 13.3. The molecule has 232 valence electrons. The summed E-state index contributed by atoms with van der Waals surface area (Å²) >= 11 is 0. The largest absolute Gasteiger partial charge is 0.493 e. The first-order chi connectivity index (χ1) is 20.4. The van der Waals surface area contributed by atoms with Gasteiger partial charge in [-0.25, -0.2) is 4.79 Å². The van der Waals surface area contributed by atoms with E-state index in [4.69, 9.17) is 14.0 Å². The highest BCUT2D eigenvalue weighted by Crippen LogP contribution is 2.36. The highest BCUT2D eigenvalue weighted by molar-refractivity contribution is 7.85. The zero-order valence-electron chi connectivity index (χ0n) is 25.1. The molecule has 43 heavy (non-hydrogen) atoms. The van der Waals surface area contributed by atoms with Crippen LogP contribution in [0, 0.1) is 13.8 Å². The molecule has 2 heterocycles. The summed E-state index contributed by atoms with van der Waals surface area (Å²) < 4.78 is 43.4. The minimum Gasteiger partial charge on any atom is -0.493 e. The van der Waals surface area contributed by atoms with Crippen LogP contribution >= 0.6 is 0 Å². The van der Waals surface area contributed by atoms with Crippen LogP contribution in [0.1, 0.15) is 49.8 Å². The van der Waals surface area contributed by atoms with E-state index in [1.165, 1.54) is 5.56 Å². The molecule has 0 radical (unpaired) electrons. The maximum Gasteiger partial charge on any atom is 0.407 e. The Labute approximate surface area is 252 Å². The van der Waals surface area contributed by atoms with E-state index >= 15 is 0 Å². The zero-order valence-corrected chi connectivity index (χ0v) is 25.9. The lowest BCUT2D eigenvalue weighted by Gasteiger charge is -2.31. The van der Waals surface area contributed by atoms with E-state index in [9.17, 15) is 18.0 Å². The second-order valence-corrected chi connectivity index (χ2v) is 12.9. The Morgan fingerprint density at radius 3 is 2.67 bits per heavy atom. The van der Waals surface area contributed by atoms with E-state index in [0.717, 1.165) is 46.5 Å². The highest BCUT2D eigenvalue weighted by Gasteiger charge is 2.27. The normalized spacial score (nSPS) is 13.4. The van der Waals surface area contributed by atoms with Crippen LogP contribution in [0.15, 0.2) is 48.8 Å². The summed E-state index contributed by atoms with van der Waals surface area (Å²) in [6, 6.07) is 11.9. The fourth-order valence-corrected chi connectivity index (χ4v) is 5.37. The van der Waals surface area contributed by atoms with Crippen molar-refractivity contribution in [2.45, 2.75) is 58.9 Å². The molecule has 0 bridgehead atoms. The lowest BCUT2D eigenvalue weighted by molar-refractivity contribution is -0.118. The number of carbonyl (C=O) groups excluding carboxylic acids is 2. The predicted octanol–water partition coefficient (Wildman–Crippen LogP) is 4.65. The number of benzene rings is 2. The number of anilines is 1. The van der Waals surface area contributed by atoms with Crippen LogP contribution in [-0.2, 0) is 31.6 Å². The lowest BCUT2D eigenvalue weighted by Crippen LogP contribution is -2.37. The first kappa shape index (κ1) is 32.0. The van der Waals surface area contributed by atoms with Gasteiger partial charge in [0.2, 0.25) is 5.91 Å². The summed E-state index contributed by atoms with van der Waals surface area (Å²) in [6.45, 7) is 8.68. The average molecular weight is 613 g/mol. The third kappa shape index (κ3) is 8.35. The van der Waals surface area contributed by atoms with Crippen molar-refractivity contribution in [3.05, 3.63) is 65.5 Å². The van der Waals surface area contributed by atoms with Gasteiger partial charge in [-0.3, -0.25) is 14.0 Å². The third-order valence-electron chi connectivity index (χ3n) is 7.60. The van der Waals surface area contributed by atoms with Crippen molar-refractivity contribution >= 4 is 27.8 Å². The Hall–Kier alpha value is -3.90. The summed E-state index contributed by atoms with van der Waals surface area (Å²) in [5, 5.41) is 6.82. The van der Waals surface area contributed by atoms with Crippen molar-refractivity contribution in [2.24, 2.45) is 0 Å². The molecule has 12 heteroatoms. The van der Waals surface area contributed by atoms with E-state index < -0.39 is 27.5 Å². The summed E-state index contributed by atoms with van der Waals surface area (Å²) in [5.41, 5.74) is 5.49. The molecule has 2 amide bonds. The molecular weight excluding hydrogens is 572 g/mol. The van der Waals surface area contributed by atoms with Gasteiger partial charge in [0, 0.05) is 37.0 Å². The quantitative estimate of drug-likeness (QED) is 0.223. The average Bonchev–Trinajstić information content (AvgIpc) is 3.46. The van der Waals surface area contributed by atoms with Gasteiger partial charge in [0.15, 0.2) is 0 Å². The number of ether oxygens (including phenoxy) is 2. The molecule has 0 atom stereocenters. The number of hydrogen-bond acceptors (Lipinski definition) is 7. The summed E-state index contributed by atoms with van der Waals surface area (Å²) in [5.74, 6) is 0.335. The second kappa shape index (κ2) is 13.6.